The molecule has 1 fully saturated rings. The summed E-state index contributed by atoms with van der Waals surface area (Å²) in [5.41, 5.74) is 4.58. The molecule has 1 saturated heterocycles. The van der Waals surface area contributed by atoms with Crippen LogP contribution in [-0.2, 0) is 6.42 Å². The van der Waals surface area contributed by atoms with Crippen LogP contribution in [0.1, 0.15) is 36.8 Å². The van der Waals surface area contributed by atoms with Crippen LogP contribution in [0.4, 0.5) is 0 Å². The van der Waals surface area contributed by atoms with E-state index < -0.39 is 0 Å². The quantitative estimate of drug-likeness (QED) is 0.267. The summed E-state index contributed by atoms with van der Waals surface area (Å²) in [5, 5.41) is 21.8. The summed E-state index contributed by atoms with van der Waals surface area (Å²) in [7, 11) is 0. The van der Waals surface area contributed by atoms with Crippen molar-refractivity contribution in [1.82, 2.24) is 4.90 Å². The minimum Gasteiger partial charge on any atom is -0.508 e. The lowest BCUT2D eigenvalue weighted by Gasteiger charge is -2.15. The zero-order chi connectivity index (χ0) is 24.0. The van der Waals surface area contributed by atoms with E-state index in [1.807, 2.05) is 24.3 Å². The third kappa shape index (κ3) is 5.77. The van der Waals surface area contributed by atoms with Crippen molar-refractivity contribution in [3.63, 3.8) is 0 Å². The fraction of sp³-hybridized carbons (Fsp3) is 0.290. The highest BCUT2D eigenvalue weighted by Crippen LogP contribution is 2.34. The zero-order valence-corrected chi connectivity index (χ0v) is 20.1. The van der Waals surface area contributed by atoms with Crippen LogP contribution in [0, 0.1) is 0 Å². The molecular weight excluding hydrogens is 434 g/mol. The Morgan fingerprint density at radius 1 is 0.743 bits per heavy atom. The summed E-state index contributed by atoms with van der Waals surface area (Å²) >= 11 is 0. The van der Waals surface area contributed by atoms with Crippen LogP contribution in [0.2, 0.25) is 0 Å². The average Bonchev–Trinajstić information content (AvgIpc) is 3.39. The molecule has 2 N–H and O–H groups in total. The third-order valence-corrected chi connectivity index (χ3v) is 6.93. The number of phenols is 2. The predicted octanol–water partition coefficient (Wildman–Crippen LogP) is 6.76. The Balaban J connectivity index is 1.30. The average molecular weight is 468 g/mol. The molecule has 180 valence electrons. The van der Waals surface area contributed by atoms with Crippen LogP contribution in [0.15, 0.2) is 78.9 Å². The minimum atomic E-state index is 0.257. The number of benzene rings is 4. The Labute approximate surface area is 207 Å². The maximum absolute atomic E-state index is 9.97. The number of aromatic hydroxyl groups is 2. The normalized spacial score (nSPS) is 13.9. The van der Waals surface area contributed by atoms with Gasteiger partial charge >= 0.3 is 0 Å². The van der Waals surface area contributed by atoms with Gasteiger partial charge in [0.15, 0.2) is 0 Å². The number of unbranched alkanes of at least 4 members (excludes halogenated alkanes) is 1. The highest BCUT2D eigenvalue weighted by atomic mass is 16.5. The molecular formula is C31H33NO3. The maximum Gasteiger partial charge on any atom is 0.119 e. The van der Waals surface area contributed by atoms with Crippen molar-refractivity contribution in [1.29, 1.82) is 0 Å². The molecule has 0 bridgehead atoms. The summed E-state index contributed by atoms with van der Waals surface area (Å²) < 4.78 is 5.99. The minimum absolute atomic E-state index is 0.257. The molecule has 4 nitrogen and oxygen atoms in total. The van der Waals surface area contributed by atoms with Gasteiger partial charge in [0.25, 0.3) is 0 Å². The highest BCUT2D eigenvalue weighted by Gasteiger charge is 2.12. The Morgan fingerprint density at radius 2 is 1.49 bits per heavy atom. The van der Waals surface area contributed by atoms with Crippen LogP contribution >= 0.6 is 0 Å². The van der Waals surface area contributed by atoms with E-state index in [1.54, 1.807) is 24.3 Å². The van der Waals surface area contributed by atoms with E-state index in [9.17, 15) is 10.2 Å². The third-order valence-electron chi connectivity index (χ3n) is 6.93. The number of ether oxygens (including phenoxy) is 1. The molecule has 4 aromatic rings. The molecule has 0 radical (unpaired) electrons. The number of likely N-dealkylation sites (tertiary alicyclic amines) is 1. The number of hydrogen-bond acceptors (Lipinski definition) is 4. The van der Waals surface area contributed by atoms with Gasteiger partial charge < -0.3 is 19.8 Å². The second-order valence-corrected chi connectivity index (χ2v) is 9.47. The highest BCUT2D eigenvalue weighted by molar-refractivity contribution is 5.93. The lowest BCUT2D eigenvalue weighted by atomic mass is 9.90. The van der Waals surface area contributed by atoms with Crippen molar-refractivity contribution in [2.45, 2.75) is 32.1 Å². The molecule has 1 aliphatic heterocycles. The molecule has 1 heterocycles. The standard InChI is InChI=1S/C31H33NO3/c33-26-10-7-24(8-11-26)29-15-9-25-22-27(34)12-16-30(25)31(29)21-23-5-13-28(14-6-23)35-20-4-3-19-32-17-1-2-18-32/h5-16,22,33-34H,1-4,17-21H2. The summed E-state index contributed by atoms with van der Waals surface area (Å²) in [4.78, 5) is 2.55. The Morgan fingerprint density at radius 3 is 2.26 bits per heavy atom. The molecule has 35 heavy (non-hydrogen) atoms. The molecule has 0 amide bonds. The first-order chi connectivity index (χ1) is 17.2. The zero-order valence-electron chi connectivity index (χ0n) is 20.1. The number of nitrogens with zero attached hydrogens (tertiary/aromatic N) is 1. The fourth-order valence-electron chi connectivity index (χ4n) is 5.02. The lowest BCUT2D eigenvalue weighted by Crippen LogP contribution is -2.20. The van der Waals surface area contributed by atoms with E-state index in [1.165, 1.54) is 50.0 Å². The van der Waals surface area contributed by atoms with Gasteiger partial charge in [-0.3, -0.25) is 0 Å². The van der Waals surface area contributed by atoms with Gasteiger partial charge in [-0.2, -0.15) is 0 Å². The summed E-state index contributed by atoms with van der Waals surface area (Å²) in [6.07, 6.45) is 5.72. The molecule has 4 heteroatoms. The van der Waals surface area contributed by atoms with Crippen molar-refractivity contribution < 1.29 is 14.9 Å². The summed E-state index contributed by atoms with van der Waals surface area (Å²) in [5.74, 6) is 1.44. The topological polar surface area (TPSA) is 52.9 Å². The molecule has 0 aliphatic carbocycles. The van der Waals surface area contributed by atoms with Crippen molar-refractivity contribution in [3.8, 4) is 28.4 Å². The second kappa shape index (κ2) is 10.8. The van der Waals surface area contributed by atoms with Gasteiger partial charge in [0, 0.05) is 0 Å². The molecule has 0 saturated carbocycles. The van der Waals surface area contributed by atoms with Gasteiger partial charge in [-0.1, -0.05) is 42.5 Å². The number of phenolic OH excluding ortho intramolecular Hbond substituents is 2. The Bertz CT molecular complexity index is 1260. The molecule has 1 aliphatic rings. The van der Waals surface area contributed by atoms with Gasteiger partial charge in [-0.05, 0) is 121 Å². The first-order valence-electron chi connectivity index (χ1n) is 12.6. The van der Waals surface area contributed by atoms with E-state index in [-0.39, 0.29) is 11.5 Å². The van der Waals surface area contributed by atoms with Gasteiger partial charge in [0.2, 0.25) is 0 Å². The van der Waals surface area contributed by atoms with Crippen molar-refractivity contribution in [3.05, 3.63) is 90.0 Å². The van der Waals surface area contributed by atoms with Crippen LogP contribution in [0.3, 0.4) is 0 Å². The van der Waals surface area contributed by atoms with Gasteiger partial charge in [0.05, 0.1) is 6.61 Å². The Hall–Kier alpha value is -3.50. The van der Waals surface area contributed by atoms with Crippen LogP contribution in [0.25, 0.3) is 21.9 Å². The summed E-state index contributed by atoms with van der Waals surface area (Å²) in [6, 6.07) is 25.4. The van der Waals surface area contributed by atoms with Gasteiger partial charge in [0.1, 0.15) is 17.2 Å². The first-order valence-corrected chi connectivity index (χ1v) is 12.6. The molecule has 0 spiro atoms. The van der Waals surface area contributed by atoms with Crippen molar-refractivity contribution >= 4 is 10.8 Å². The maximum atomic E-state index is 9.97. The van der Waals surface area contributed by atoms with Gasteiger partial charge in [-0.25, -0.2) is 0 Å². The predicted molar refractivity (Wildman–Crippen MR) is 142 cm³/mol. The van der Waals surface area contributed by atoms with E-state index in [0.717, 1.165) is 47.1 Å². The number of fused-ring (bicyclic) bond motifs is 1. The van der Waals surface area contributed by atoms with Crippen LogP contribution in [0.5, 0.6) is 17.2 Å². The molecule has 0 unspecified atom stereocenters. The molecule has 0 aromatic heterocycles. The van der Waals surface area contributed by atoms with E-state index >= 15 is 0 Å². The van der Waals surface area contributed by atoms with Gasteiger partial charge in [-0.15, -0.1) is 0 Å². The smallest absolute Gasteiger partial charge is 0.119 e. The van der Waals surface area contributed by atoms with Crippen molar-refractivity contribution in [2.75, 3.05) is 26.2 Å². The molecule has 0 atom stereocenters. The van der Waals surface area contributed by atoms with E-state index in [4.69, 9.17) is 4.74 Å². The number of hydrogen-bond donors (Lipinski definition) is 2. The van der Waals surface area contributed by atoms with Crippen molar-refractivity contribution in [2.24, 2.45) is 0 Å². The second-order valence-electron chi connectivity index (χ2n) is 9.47. The lowest BCUT2D eigenvalue weighted by molar-refractivity contribution is 0.279. The van der Waals surface area contributed by atoms with Crippen LogP contribution in [-0.4, -0.2) is 41.4 Å². The fourth-order valence-corrected chi connectivity index (χ4v) is 5.02. The van der Waals surface area contributed by atoms with Crippen LogP contribution < -0.4 is 4.74 Å². The van der Waals surface area contributed by atoms with E-state index in [2.05, 4.69) is 35.2 Å². The monoisotopic (exact) mass is 467 g/mol. The van der Waals surface area contributed by atoms with E-state index in [0.29, 0.717) is 0 Å². The molecule has 4 aromatic carbocycles. The summed E-state index contributed by atoms with van der Waals surface area (Å²) in [6.45, 7) is 4.46. The molecule has 5 rings (SSSR count). The number of rotatable bonds is 9. The largest absolute Gasteiger partial charge is 0.508 e. The SMILES string of the molecule is Oc1ccc(-c2ccc3cc(O)ccc3c2Cc2ccc(OCCCCN3CCCC3)cc2)cc1. The first kappa shape index (κ1) is 23.3. The Kier molecular flexibility index (Phi) is 7.20.